The van der Waals surface area contributed by atoms with Gasteiger partial charge in [0.05, 0.1) is 11.6 Å². The fourth-order valence-electron chi connectivity index (χ4n) is 3.37. The molecule has 1 aliphatic rings. The molecule has 2 heterocycles. The van der Waals surface area contributed by atoms with Crippen molar-refractivity contribution in [1.82, 2.24) is 15.1 Å². The minimum absolute atomic E-state index is 0.286. The maximum Gasteiger partial charge on any atom is 0.158 e. The predicted octanol–water partition coefficient (Wildman–Crippen LogP) is 3.64. The zero-order valence-corrected chi connectivity index (χ0v) is 15.6. The Morgan fingerprint density at radius 2 is 2.13 bits per heavy atom. The zero-order chi connectivity index (χ0) is 16.8. The van der Waals surface area contributed by atoms with E-state index in [1.807, 2.05) is 29.9 Å². The number of hydrogen-bond acceptors (Lipinski definition) is 4. The lowest BCUT2D eigenvalue weighted by Gasteiger charge is -2.36. The van der Waals surface area contributed by atoms with Crippen molar-refractivity contribution in [2.24, 2.45) is 5.92 Å². The van der Waals surface area contributed by atoms with E-state index in [0.717, 1.165) is 36.9 Å². The van der Waals surface area contributed by atoms with Crippen LogP contribution in [0, 0.1) is 5.92 Å². The number of hydrogen-bond donors (Lipinski definition) is 2. The van der Waals surface area contributed by atoms with Gasteiger partial charge in [-0.2, -0.15) is 17.7 Å². The normalized spacial score (nSPS) is 24.3. The summed E-state index contributed by atoms with van der Waals surface area (Å²) in [5.41, 5.74) is 1.10. The quantitative estimate of drug-likeness (QED) is 0.822. The molecule has 1 saturated heterocycles. The molecule has 0 bridgehead atoms. The topological polar surface area (TPSA) is 39.1 Å². The summed E-state index contributed by atoms with van der Waals surface area (Å²) >= 11 is 9.74. The van der Waals surface area contributed by atoms with Crippen LogP contribution >= 0.6 is 24.2 Å². The Balaban J connectivity index is 0.000000924. The number of para-hydroxylation sites is 1. The van der Waals surface area contributed by atoms with Crippen molar-refractivity contribution in [1.29, 1.82) is 0 Å². The average molecular weight is 356 g/mol. The summed E-state index contributed by atoms with van der Waals surface area (Å²) in [7, 11) is 2.04. The molecular formula is C17H26ClN3OS. The SMILES string of the molecule is CNC1CCOC(C)C1CCn1nc(Cl)c2ccccc21.CS. The number of nitrogens with zero attached hydrogens (tertiary/aromatic N) is 2. The van der Waals surface area contributed by atoms with Crippen LogP contribution in [0.25, 0.3) is 10.9 Å². The minimum atomic E-state index is 0.286. The van der Waals surface area contributed by atoms with E-state index in [4.69, 9.17) is 16.3 Å². The third-order valence-corrected chi connectivity index (χ3v) is 4.87. The van der Waals surface area contributed by atoms with Crippen molar-refractivity contribution in [2.45, 2.75) is 38.5 Å². The number of halogens is 1. The van der Waals surface area contributed by atoms with Crippen LogP contribution in [0.1, 0.15) is 19.8 Å². The largest absolute Gasteiger partial charge is 0.378 e. The molecule has 0 spiro atoms. The maximum absolute atomic E-state index is 6.21. The van der Waals surface area contributed by atoms with Gasteiger partial charge in [0.25, 0.3) is 0 Å². The molecular weight excluding hydrogens is 330 g/mol. The number of ether oxygens (including phenoxy) is 1. The summed E-state index contributed by atoms with van der Waals surface area (Å²) in [6.45, 7) is 3.88. The standard InChI is InChI=1S/C16H22ClN3O.CH4S/c1-11-12(14(18-2)8-10-21-11)7-9-20-15-6-4-3-5-13(15)16(17)19-20;1-2/h3-6,11-12,14,18H,7-10H2,1-2H3;2H,1H3. The van der Waals surface area contributed by atoms with Gasteiger partial charge >= 0.3 is 0 Å². The van der Waals surface area contributed by atoms with Crippen LogP contribution in [-0.2, 0) is 11.3 Å². The molecule has 23 heavy (non-hydrogen) atoms. The van der Waals surface area contributed by atoms with Crippen LogP contribution < -0.4 is 5.32 Å². The molecule has 6 heteroatoms. The highest BCUT2D eigenvalue weighted by Crippen LogP contribution is 2.27. The Bertz CT molecular complexity index is 619. The number of aryl methyl sites for hydroxylation is 1. The Hall–Kier alpha value is -0.750. The molecule has 2 aromatic rings. The van der Waals surface area contributed by atoms with Gasteiger partial charge in [0.2, 0.25) is 0 Å². The van der Waals surface area contributed by atoms with Crippen molar-refractivity contribution in [2.75, 3.05) is 19.9 Å². The highest BCUT2D eigenvalue weighted by Gasteiger charge is 2.30. The number of aromatic nitrogens is 2. The first-order valence-corrected chi connectivity index (χ1v) is 9.32. The van der Waals surface area contributed by atoms with Crippen LogP contribution in [0.5, 0.6) is 0 Å². The van der Waals surface area contributed by atoms with E-state index in [1.54, 1.807) is 6.26 Å². The Morgan fingerprint density at radius 1 is 1.39 bits per heavy atom. The van der Waals surface area contributed by atoms with E-state index in [9.17, 15) is 0 Å². The second-order valence-corrected chi connectivity index (χ2v) is 6.10. The smallest absolute Gasteiger partial charge is 0.158 e. The van der Waals surface area contributed by atoms with E-state index < -0.39 is 0 Å². The third-order valence-electron chi connectivity index (χ3n) is 4.59. The van der Waals surface area contributed by atoms with Gasteiger partial charge in [-0.25, -0.2) is 0 Å². The van der Waals surface area contributed by atoms with Crippen LogP contribution in [-0.4, -0.2) is 41.8 Å². The highest BCUT2D eigenvalue weighted by molar-refractivity contribution is 7.79. The van der Waals surface area contributed by atoms with Crippen molar-refractivity contribution in [3.63, 3.8) is 0 Å². The molecule has 0 radical (unpaired) electrons. The van der Waals surface area contributed by atoms with E-state index in [-0.39, 0.29) is 6.10 Å². The van der Waals surface area contributed by atoms with Gasteiger partial charge < -0.3 is 10.1 Å². The lowest BCUT2D eigenvalue weighted by Crippen LogP contribution is -2.45. The van der Waals surface area contributed by atoms with E-state index in [1.165, 1.54) is 0 Å². The van der Waals surface area contributed by atoms with Crippen LogP contribution in [0.15, 0.2) is 24.3 Å². The molecule has 1 N–H and O–H groups in total. The number of nitrogens with one attached hydrogen (secondary N) is 1. The fraction of sp³-hybridized carbons (Fsp3) is 0.588. The van der Waals surface area contributed by atoms with Gasteiger partial charge in [-0.05, 0) is 45.2 Å². The molecule has 3 atom stereocenters. The van der Waals surface area contributed by atoms with Gasteiger partial charge in [-0.15, -0.1) is 0 Å². The Kier molecular flexibility index (Phi) is 7.21. The first-order valence-electron chi connectivity index (χ1n) is 8.05. The predicted molar refractivity (Wildman–Crippen MR) is 101 cm³/mol. The molecule has 1 fully saturated rings. The van der Waals surface area contributed by atoms with E-state index in [0.29, 0.717) is 17.1 Å². The summed E-state index contributed by atoms with van der Waals surface area (Å²) in [4.78, 5) is 0. The highest BCUT2D eigenvalue weighted by atomic mass is 35.5. The number of fused-ring (bicyclic) bond motifs is 1. The monoisotopic (exact) mass is 355 g/mol. The molecule has 3 unspecified atom stereocenters. The molecule has 1 aromatic heterocycles. The van der Waals surface area contributed by atoms with Gasteiger partial charge in [0, 0.05) is 30.5 Å². The molecule has 0 amide bonds. The summed E-state index contributed by atoms with van der Waals surface area (Å²) in [6, 6.07) is 8.63. The Morgan fingerprint density at radius 3 is 2.87 bits per heavy atom. The maximum atomic E-state index is 6.21. The Labute approximate surface area is 148 Å². The second-order valence-electron chi connectivity index (χ2n) is 5.74. The van der Waals surface area contributed by atoms with Crippen molar-refractivity contribution >= 4 is 35.1 Å². The van der Waals surface area contributed by atoms with Crippen LogP contribution in [0.2, 0.25) is 5.15 Å². The number of benzene rings is 1. The molecule has 1 aliphatic heterocycles. The third kappa shape index (κ3) is 4.21. The second kappa shape index (κ2) is 8.92. The lowest BCUT2D eigenvalue weighted by molar-refractivity contribution is -0.0352. The van der Waals surface area contributed by atoms with Crippen molar-refractivity contribution in [3.05, 3.63) is 29.4 Å². The van der Waals surface area contributed by atoms with Crippen molar-refractivity contribution in [3.8, 4) is 0 Å². The van der Waals surface area contributed by atoms with Gasteiger partial charge in [-0.3, -0.25) is 4.68 Å². The first kappa shape index (κ1) is 18.6. The number of thiol groups is 1. The van der Waals surface area contributed by atoms with Gasteiger partial charge in [0.1, 0.15) is 0 Å². The lowest BCUT2D eigenvalue weighted by atomic mass is 9.87. The average Bonchev–Trinajstić information content (AvgIpc) is 2.92. The summed E-state index contributed by atoms with van der Waals surface area (Å²) in [6.07, 6.45) is 4.09. The summed E-state index contributed by atoms with van der Waals surface area (Å²) in [5, 5.41) is 9.51. The van der Waals surface area contributed by atoms with Crippen LogP contribution in [0.3, 0.4) is 0 Å². The zero-order valence-electron chi connectivity index (χ0n) is 14.0. The van der Waals surface area contributed by atoms with Crippen LogP contribution in [0.4, 0.5) is 0 Å². The first-order chi connectivity index (χ1) is 11.2. The van der Waals surface area contributed by atoms with Crippen molar-refractivity contribution < 1.29 is 4.74 Å². The number of rotatable bonds is 4. The molecule has 128 valence electrons. The van der Waals surface area contributed by atoms with Gasteiger partial charge in [0.15, 0.2) is 5.15 Å². The summed E-state index contributed by atoms with van der Waals surface area (Å²) < 4.78 is 7.83. The van der Waals surface area contributed by atoms with E-state index in [2.05, 4.69) is 36.0 Å². The van der Waals surface area contributed by atoms with Gasteiger partial charge in [-0.1, -0.05) is 23.7 Å². The molecule has 0 aliphatic carbocycles. The molecule has 4 nitrogen and oxygen atoms in total. The molecule has 0 saturated carbocycles. The molecule has 1 aromatic carbocycles. The minimum Gasteiger partial charge on any atom is -0.378 e. The fourth-order valence-corrected chi connectivity index (χ4v) is 3.62. The van der Waals surface area contributed by atoms with E-state index >= 15 is 0 Å². The summed E-state index contributed by atoms with van der Waals surface area (Å²) in [5.74, 6) is 0.505. The molecule has 3 rings (SSSR count).